The second-order valence-corrected chi connectivity index (χ2v) is 12.2. The maximum absolute atomic E-state index is 12.5. The topological polar surface area (TPSA) is 125 Å². The number of nitrogens with one attached hydrogen (secondary N) is 2. The average molecular weight is 670 g/mol. The van der Waals surface area contributed by atoms with Gasteiger partial charge in [0.2, 0.25) is 12.3 Å². The molecule has 2 amide bonds. The van der Waals surface area contributed by atoms with E-state index in [0.29, 0.717) is 40.9 Å². The summed E-state index contributed by atoms with van der Waals surface area (Å²) >= 11 is 0. The van der Waals surface area contributed by atoms with E-state index in [9.17, 15) is 9.59 Å². The average Bonchev–Trinajstić information content (AvgIpc) is 3.92. The number of aliphatic imine (C=N–C) groups is 2. The first kappa shape index (κ1) is 40.1. The van der Waals surface area contributed by atoms with Crippen LogP contribution in [0.5, 0.6) is 5.75 Å². The molecule has 4 N–H and O–H groups in total. The summed E-state index contributed by atoms with van der Waals surface area (Å²) in [5.41, 5.74) is 16.8. The van der Waals surface area contributed by atoms with Crippen LogP contribution in [0, 0.1) is 5.92 Å². The molecule has 0 aromatic heterocycles. The van der Waals surface area contributed by atoms with E-state index < -0.39 is 0 Å². The van der Waals surface area contributed by atoms with Crippen molar-refractivity contribution in [1.82, 2.24) is 20.7 Å². The van der Waals surface area contributed by atoms with Crippen LogP contribution in [0.15, 0.2) is 105 Å². The Balaban J connectivity index is 0.000000591. The van der Waals surface area contributed by atoms with E-state index >= 15 is 0 Å². The van der Waals surface area contributed by atoms with Gasteiger partial charge < -0.3 is 20.7 Å². The Morgan fingerprint density at radius 3 is 2.47 bits per heavy atom. The van der Waals surface area contributed by atoms with Crippen molar-refractivity contribution in [2.45, 2.75) is 67.2 Å². The molecule has 0 spiro atoms. The zero-order valence-corrected chi connectivity index (χ0v) is 30.8. The number of benzene rings is 1. The standard InChI is InChI=1S/C31H40N4O2.C8H15N3O/c1-8-10-12-24(16-15-21(3)4)26-13-11-14-27(30(26)37-7)32-28-19-29(33-31(36)25-17-18-25)34-35(23(28)6)20-22(5)9-2;1-7(9)8(4-10-2)5-11(3)6-12/h10-16,19-20,25,34H,6,8-9,17-18H2,1-5,7H3,(H,33,36);4,6H,5,9H2,1-3H3/b12-10+,22-20-,24-16+,32-28?;8-7+,10-4?. The normalized spacial score (nSPS) is 16.4. The van der Waals surface area contributed by atoms with Crippen molar-refractivity contribution >= 4 is 35.5 Å². The largest absolute Gasteiger partial charge is 0.494 e. The molecule has 1 heterocycles. The molecular formula is C39H55N7O3. The second-order valence-electron chi connectivity index (χ2n) is 12.2. The maximum Gasteiger partial charge on any atom is 0.228 e. The van der Waals surface area contributed by atoms with Crippen LogP contribution in [0.2, 0.25) is 0 Å². The molecule has 1 aliphatic heterocycles. The van der Waals surface area contributed by atoms with E-state index in [1.54, 1.807) is 34.3 Å². The van der Waals surface area contributed by atoms with Crippen molar-refractivity contribution in [3.8, 4) is 5.75 Å². The second kappa shape index (κ2) is 20.3. The van der Waals surface area contributed by atoms with Crippen LogP contribution >= 0.6 is 0 Å². The molecule has 0 saturated heterocycles. The van der Waals surface area contributed by atoms with E-state index in [-0.39, 0.29) is 11.8 Å². The van der Waals surface area contributed by atoms with Gasteiger partial charge in [0.05, 0.1) is 18.5 Å². The van der Waals surface area contributed by atoms with Crippen LogP contribution in [0.1, 0.15) is 72.8 Å². The van der Waals surface area contributed by atoms with Crippen molar-refractivity contribution < 1.29 is 14.3 Å². The van der Waals surface area contributed by atoms with Crippen LogP contribution in [0.25, 0.3) is 5.57 Å². The predicted octanol–water partition coefficient (Wildman–Crippen LogP) is 7.11. The zero-order valence-electron chi connectivity index (χ0n) is 30.8. The molecule has 1 aromatic rings. The Morgan fingerprint density at radius 2 is 1.92 bits per heavy atom. The molecule has 3 rings (SSSR count). The minimum Gasteiger partial charge on any atom is -0.494 e. The lowest BCUT2D eigenvalue weighted by Crippen LogP contribution is -2.45. The van der Waals surface area contributed by atoms with Crippen LogP contribution in [-0.4, -0.2) is 61.9 Å². The number of nitrogens with two attached hydrogens (primary N) is 1. The van der Waals surface area contributed by atoms with Gasteiger partial charge in [0.25, 0.3) is 0 Å². The molecular weight excluding hydrogens is 614 g/mol. The van der Waals surface area contributed by atoms with Crippen LogP contribution in [0.4, 0.5) is 5.69 Å². The molecule has 2 aliphatic rings. The quantitative estimate of drug-likeness (QED) is 0.110. The van der Waals surface area contributed by atoms with Gasteiger partial charge in [0.1, 0.15) is 11.5 Å². The first-order valence-electron chi connectivity index (χ1n) is 16.6. The number of carbonyl (C=O) groups is 2. The number of allylic oxidation sites excluding steroid dienone is 9. The Kier molecular flexibility index (Phi) is 16.6. The minimum atomic E-state index is 0.0260. The van der Waals surface area contributed by atoms with E-state index in [1.807, 2.05) is 35.5 Å². The molecule has 1 aromatic carbocycles. The molecule has 1 saturated carbocycles. The lowest BCUT2D eigenvalue weighted by atomic mass is 10.0. The molecule has 0 radical (unpaired) electrons. The van der Waals surface area contributed by atoms with Crippen LogP contribution in [0.3, 0.4) is 0 Å². The van der Waals surface area contributed by atoms with E-state index in [2.05, 4.69) is 81.2 Å². The summed E-state index contributed by atoms with van der Waals surface area (Å²) in [5, 5.41) is 4.83. The first-order valence-corrected chi connectivity index (χ1v) is 16.6. The molecule has 1 aliphatic carbocycles. The van der Waals surface area contributed by atoms with Gasteiger partial charge >= 0.3 is 0 Å². The summed E-state index contributed by atoms with van der Waals surface area (Å²) in [6.45, 7) is 17.0. The number of hydrogen-bond acceptors (Lipinski definition) is 8. The lowest BCUT2D eigenvalue weighted by Gasteiger charge is -2.31. The maximum atomic E-state index is 12.5. The zero-order chi connectivity index (χ0) is 36.5. The van der Waals surface area contributed by atoms with Gasteiger partial charge in [-0.3, -0.25) is 25.0 Å². The first-order chi connectivity index (χ1) is 23.4. The summed E-state index contributed by atoms with van der Waals surface area (Å²) < 4.78 is 5.90. The Hall–Kier alpha value is -5.12. The van der Waals surface area contributed by atoms with Crippen molar-refractivity contribution in [2.75, 3.05) is 27.7 Å². The fourth-order valence-electron chi connectivity index (χ4n) is 4.39. The van der Waals surface area contributed by atoms with Crippen LogP contribution in [-0.2, 0) is 9.59 Å². The molecule has 264 valence electrons. The van der Waals surface area contributed by atoms with E-state index in [4.69, 9.17) is 15.5 Å². The number of nitrogens with zero attached hydrogens (tertiary/aromatic N) is 4. The number of rotatable bonds is 14. The number of likely N-dealkylation sites (N-methyl/N-ethyl adjacent to an activating group) is 1. The van der Waals surface area contributed by atoms with Gasteiger partial charge in [-0.05, 0) is 65.0 Å². The molecule has 10 heteroatoms. The number of amides is 2. The fourth-order valence-corrected chi connectivity index (χ4v) is 4.39. The fraction of sp³-hybridized carbons (Fsp3) is 0.385. The van der Waals surface area contributed by atoms with Crippen molar-refractivity contribution in [3.05, 3.63) is 101 Å². The van der Waals surface area contributed by atoms with Crippen molar-refractivity contribution in [2.24, 2.45) is 21.6 Å². The third kappa shape index (κ3) is 13.1. The highest BCUT2D eigenvalue weighted by Crippen LogP contribution is 2.37. The summed E-state index contributed by atoms with van der Waals surface area (Å²) in [6.07, 6.45) is 18.4. The van der Waals surface area contributed by atoms with Gasteiger partial charge in [0, 0.05) is 61.9 Å². The van der Waals surface area contributed by atoms with Gasteiger partial charge in [-0.2, -0.15) is 0 Å². The van der Waals surface area contributed by atoms with E-state index in [0.717, 1.165) is 48.8 Å². The number of hydrazine groups is 1. The number of carbonyl (C=O) groups excluding carboxylic acids is 2. The van der Waals surface area contributed by atoms with Gasteiger partial charge in [-0.15, -0.1) is 0 Å². The number of para-hydroxylation sites is 1. The Bertz CT molecular complexity index is 1580. The van der Waals surface area contributed by atoms with E-state index in [1.165, 1.54) is 16.0 Å². The molecule has 49 heavy (non-hydrogen) atoms. The number of ether oxygens (including phenoxy) is 1. The van der Waals surface area contributed by atoms with Crippen LogP contribution < -0.4 is 21.2 Å². The highest BCUT2D eigenvalue weighted by atomic mass is 16.5. The smallest absolute Gasteiger partial charge is 0.228 e. The lowest BCUT2D eigenvalue weighted by molar-refractivity contribution is -0.121. The van der Waals surface area contributed by atoms with Gasteiger partial charge in [-0.25, -0.2) is 4.99 Å². The summed E-state index contributed by atoms with van der Waals surface area (Å²) in [4.78, 5) is 33.1. The SMILES string of the molecule is C=C1C(=Nc2cccc(C(/C=C/CC)=C/C=C(C)C)c2OC)C=C(NC(=O)C2CC2)NN1/C=C(/C)CC.CN=C/C(CN(C)C=O)=C(/C)N. The van der Waals surface area contributed by atoms with Gasteiger partial charge in [0.15, 0.2) is 5.75 Å². The molecule has 0 atom stereocenters. The minimum absolute atomic E-state index is 0.0260. The van der Waals surface area contributed by atoms with Crippen molar-refractivity contribution in [3.63, 3.8) is 0 Å². The predicted molar refractivity (Wildman–Crippen MR) is 204 cm³/mol. The highest BCUT2D eigenvalue weighted by molar-refractivity contribution is 6.10. The summed E-state index contributed by atoms with van der Waals surface area (Å²) in [7, 11) is 5.03. The third-order valence-electron chi connectivity index (χ3n) is 7.49. The van der Waals surface area contributed by atoms with Crippen molar-refractivity contribution in [1.29, 1.82) is 0 Å². The molecule has 1 fully saturated rings. The number of methoxy groups -OCH3 is 1. The highest BCUT2D eigenvalue weighted by Gasteiger charge is 2.31. The van der Waals surface area contributed by atoms with Gasteiger partial charge in [-0.1, -0.05) is 68.0 Å². The molecule has 0 unspecified atom stereocenters. The summed E-state index contributed by atoms with van der Waals surface area (Å²) in [6, 6.07) is 5.96. The Morgan fingerprint density at radius 1 is 1.20 bits per heavy atom. The molecule has 0 bridgehead atoms. The third-order valence-corrected chi connectivity index (χ3v) is 7.49. The Labute approximate surface area is 293 Å². The summed E-state index contributed by atoms with van der Waals surface area (Å²) in [5.74, 6) is 1.37. The number of hydrogen-bond donors (Lipinski definition) is 3. The molecule has 10 nitrogen and oxygen atoms in total. The monoisotopic (exact) mass is 669 g/mol.